The molecule has 20 heavy (non-hydrogen) atoms. The van der Waals surface area contributed by atoms with E-state index in [1.807, 2.05) is 12.4 Å². The lowest BCUT2D eigenvalue weighted by Gasteiger charge is -2.44. The smallest absolute Gasteiger partial charge is 0.128 e. The number of rotatable bonds is 6. The highest BCUT2D eigenvalue weighted by Gasteiger charge is 2.44. The predicted molar refractivity (Wildman–Crippen MR) is 81.6 cm³/mol. The number of imidazole rings is 1. The van der Waals surface area contributed by atoms with Crippen molar-refractivity contribution in [3.05, 3.63) is 18.2 Å². The second kappa shape index (κ2) is 6.72. The maximum absolute atomic E-state index is 6.30. The summed E-state index contributed by atoms with van der Waals surface area (Å²) in [6.45, 7) is 8.30. The van der Waals surface area contributed by atoms with Crippen LogP contribution in [0.15, 0.2) is 12.4 Å². The molecule has 1 aliphatic rings. The molecule has 0 aliphatic heterocycles. The van der Waals surface area contributed by atoms with Gasteiger partial charge in [0, 0.05) is 26.0 Å². The van der Waals surface area contributed by atoms with Crippen LogP contribution in [-0.2, 0) is 11.8 Å². The maximum atomic E-state index is 6.30. The first-order valence-electron chi connectivity index (χ1n) is 7.97. The zero-order chi connectivity index (χ0) is 14.6. The van der Waals surface area contributed by atoms with Crippen molar-refractivity contribution in [3.63, 3.8) is 0 Å². The molecule has 1 atom stereocenters. The second-order valence-corrected chi connectivity index (χ2v) is 6.07. The van der Waals surface area contributed by atoms with Crippen molar-refractivity contribution in [2.24, 2.45) is 13.0 Å². The van der Waals surface area contributed by atoms with E-state index in [9.17, 15) is 0 Å². The van der Waals surface area contributed by atoms with Crippen LogP contribution in [0.5, 0.6) is 0 Å². The van der Waals surface area contributed by atoms with Crippen molar-refractivity contribution in [2.45, 2.75) is 58.1 Å². The zero-order valence-corrected chi connectivity index (χ0v) is 13.4. The summed E-state index contributed by atoms with van der Waals surface area (Å²) < 4.78 is 8.41. The van der Waals surface area contributed by atoms with Crippen LogP contribution in [0.2, 0.25) is 0 Å². The summed E-state index contributed by atoms with van der Waals surface area (Å²) in [5.41, 5.74) is -0.101. The number of hydrogen-bond donors (Lipinski definition) is 1. The molecule has 1 N–H and O–H groups in total. The van der Waals surface area contributed by atoms with Gasteiger partial charge in [-0.1, -0.05) is 13.8 Å². The lowest BCUT2D eigenvalue weighted by atomic mass is 9.75. The molecule has 0 aromatic carbocycles. The second-order valence-electron chi connectivity index (χ2n) is 6.07. The van der Waals surface area contributed by atoms with Crippen molar-refractivity contribution in [3.8, 4) is 0 Å². The standard InChI is InChI=1S/C16H29N3O/c1-5-17-14(15-18-11-12-19(15)4)16(20-6-2)9-7-13(3)8-10-16/h11-14,17H,5-10H2,1-4H3. The highest BCUT2D eigenvalue weighted by Crippen LogP contribution is 2.42. The molecule has 0 radical (unpaired) electrons. The van der Waals surface area contributed by atoms with Gasteiger partial charge in [-0.25, -0.2) is 4.98 Å². The molecule has 1 aliphatic carbocycles. The normalized spacial score (nSPS) is 28.5. The maximum Gasteiger partial charge on any atom is 0.128 e. The third-order valence-corrected chi connectivity index (χ3v) is 4.60. The van der Waals surface area contributed by atoms with Crippen LogP contribution in [0.1, 0.15) is 58.3 Å². The van der Waals surface area contributed by atoms with Gasteiger partial charge in [-0.2, -0.15) is 0 Å². The molecule has 1 unspecified atom stereocenters. The fraction of sp³-hybridized carbons (Fsp3) is 0.812. The minimum Gasteiger partial charge on any atom is -0.373 e. The first kappa shape index (κ1) is 15.5. The summed E-state index contributed by atoms with van der Waals surface area (Å²) in [6.07, 6.45) is 8.62. The Hall–Kier alpha value is -0.870. The van der Waals surface area contributed by atoms with Gasteiger partial charge in [0.05, 0.1) is 11.6 Å². The molecule has 2 rings (SSSR count). The highest BCUT2D eigenvalue weighted by atomic mass is 16.5. The Kier molecular flexibility index (Phi) is 5.22. The number of hydrogen-bond acceptors (Lipinski definition) is 3. The van der Waals surface area contributed by atoms with E-state index >= 15 is 0 Å². The average Bonchev–Trinajstić information content (AvgIpc) is 2.85. The molecule has 1 saturated carbocycles. The molecule has 1 aromatic heterocycles. The van der Waals surface area contributed by atoms with Crippen LogP contribution in [0.25, 0.3) is 0 Å². The Balaban J connectivity index is 2.30. The van der Waals surface area contributed by atoms with Gasteiger partial charge in [0.2, 0.25) is 0 Å². The van der Waals surface area contributed by atoms with Gasteiger partial charge < -0.3 is 14.6 Å². The fourth-order valence-electron chi connectivity index (χ4n) is 3.43. The SMILES string of the molecule is CCNC(c1nccn1C)C1(OCC)CCC(C)CC1. The molecule has 114 valence electrons. The van der Waals surface area contributed by atoms with Gasteiger partial charge >= 0.3 is 0 Å². The van der Waals surface area contributed by atoms with Crippen molar-refractivity contribution in [1.82, 2.24) is 14.9 Å². The summed E-state index contributed by atoms with van der Waals surface area (Å²) in [5.74, 6) is 1.90. The van der Waals surface area contributed by atoms with E-state index in [0.29, 0.717) is 0 Å². The quantitative estimate of drug-likeness (QED) is 0.870. The van der Waals surface area contributed by atoms with E-state index in [2.05, 4.69) is 42.7 Å². The van der Waals surface area contributed by atoms with E-state index in [1.165, 1.54) is 12.8 Å². The molecule has 1 heterocycles. The van der Waals surface area contributed by atoms with Crippen LogP contribution in [0.4, 0.5) is 0 Å². The molecule has 4 heteroatoms. The van der Waals surface area contributed by atoms with Gasteiger partial charge in [0.25, 0.3) is 0 Å². The van der Waals surface area contributed by atoms with E-state index in [0.717, 1.165) is 37.7 Å². The molecule has 0 saturated heterocycles. The summed E-state index contributed by atoms with van der Waals surface area (Å²) in [5, 5.41) is 3.63. The average molecular weight is 279 g/mol. The van der Waals surface area contributed by atoms with Crippen molar-refractivity contribution in [2.75, 3.05) is 13.2 Å². The molecule has 0 bridgehead atoms. The topological polar surface area (TPSA) is 39.1 Å². The van der Waals surface area contributed by atoms with E-state index in [4.69, 9.17) is 4.74 Å². The first-order chi connectivity index (χ1) is 9.63. The van der Waals surface area contributed by atoms with E-state index in [-0.39, 0.29) is 11.6 Å². The summed E-state index contributed by atoms with van der Waals surface area (Å²) >= 11 is 0. The van der Waals surface area contributed by atoms with Crippen LogP contribution in [0.3, 0.4) is 0 Å². The summed E-state index contributed by atoms with van der Waals surface area (Å²) in [4.78, 5) is 4.58. The van der Waals surface area contributed by atoms with Gasteiger partial charge in [0.15, 0.2) is 0 Å². The Morgan fingerprint density at radius 3 is 2.65 bits per heavy atom. The van der Waals surface area contributed by atoms with Crippen molar-refractivity contribution >= 4 is 0 Å². The van der Waals surface area contributed by atoms with Crippen molar-refractivity contribution in [1.29, 1.82) is 0 Å². The minimum absolute atomic E-state index is 0.101. The van der Waals surface area contributed by atoms with Gasteiger partial charge in [0.1, 0.15) is 5.82 Å². The van der Waals surface area contributed by atoms with Crippen molar-refractivity contribution < 1.29 is 4.74 Å². The molecule has 0 amide bonds. The Bertz CT molecular complexity index is 408. The number of likely N-dealkylation sites (N-methyl/N-ethyl adjacent to an activating group) is 1. The molecular weight excluding hydrogens is 250 g/mol. The van der Waals surface area contributed by atoms with Crippen LogP contribution in [-0.4, -0.2) is 28.3 Å². The lowest BCUT2D eigenvalue weighted by molar-refractivity contribution is -0.0995. The van der Waals surface area contributed by atoms with E-state index < -0.39 is 0 Å². The first-order valence-corrected chi connectivity index (χ1v) is 7.97. The van der Waals surface area contributed by atoms with Crippen LogP contribution >= 0.6 is 0 Å². The monoisotopic (exact) mass is 279 g/mol. The van der Waals surface area contributed by atoms with Gasteiger partial charge in [-0.15, -0.1) is 0 Å². The number of nitrogens with zero attached hydrogens (tertiary/aromatic N) is 2. The fourth-order valence-corrected chi connectivity index (χ4v) is 3.43. The van der Waals surface area contributed by atoms with Crippen LogP contribution in [0, 0.1) is 5.92 Å². The number of aryl methyl sites for hydroxylation is 1. The Labute approximate surface area is 122 Å². The zero-order valence-electron chi connectivity index (χ0n) is 13.4. The molecular formula is C16H29N3O. The highest BCUT2D eigenvalue weighted by molar-refractivity contribution is 5.09. The summed E-state index contributed by atoms with van der Waals surface area (Å²) in [6, 6.07) is 0.181. The minimum atomic E-state index is -0.101. The molecule has 1 fully saturated rings. The lowest BCUT2D eigenvalue weighted by Crippen LogP contribution is -2.49. The summed E-state index contributed by atoms with van der Waals surface area (Å²) in [7, 11) is 2.07. The van der Waals surface area contributed by atoms with E-state index in [1.54, 1.807) is 0 Å². The largest absolute Gasteiger partial charge is 0.373 e. The molecule has 0 spiro atoms. The third-order valence-electron chi connectivity index (χ3n) is 4.60. The predicted octanol–water partition coefficient (Wildman–Crippen LogP) is 3.06. The Morgan fingerprint density at radius 2 is 2.15 bits per heavy atom. The number of ether oxygens (including phenoxy) is 1. The Morgan fingerprint density at radius 1 is 1.45 bits per heavy atom. The van der Waals surface area contributed by atoms with Gasteiger partial charge in [-0.05, 0) is 45.1 Å². The van der Waals surface area contributed by atoms with Crippen LogP contribution < -0.4 is 5.32 Å². The molecule has 4 nitrogen and oxygen atoms in total. The molecule has 1 aromatic rings. The number of nitrogens with one attached hydrogen (secondary N) is 1. The third kappa shape index (κ3) is 3.07. The van der Waals surface area contributed by atoms with Gasteiger partial charge in [-0.3, -0.25) is 0 Å². The number of aromatic nitrogens is 2.